The predicted octanol–water partition coefficient (Wildman–Crippen LogP) is 3.24. The number of carboxylic acids is 1. The number of aromatic nitrogens is 1. The SMILES string of the molecule is CC1O[C@@H](O[C@H](C)CCCCC(=O)O)[C@@H](O)C[C@H]1OC(=O)c1c[nH]c2ccccc12. The largest absolute Gasteiger partial charge is 0.481 e. The Bertz CT molecular complexity index is 864. The van der Waals surface area contributed by atoms with Gasteiger partial charge in [-0.15, -0.1) is 0 Å². The maximum atomic E-state index is 12.6. The van der Waals surface area contributed by atoms with Gasteiger partial charge in [-0.05, 0) is 32.8 Å². The minimum absolute atomic E-state index is 0.135. The van der Waals surface area contributed by atoms with Crippen LogP contribution in [0.15, 0.2) is 30.5 Å². The second-order valence-corrected chi connectivity index (χ2v) is 7.79. The average Bonchev–Trinajstić information content (AvgIpc) is 3.13. The minimum atomic E-state index is -0.927. The second-order valence-electron chi connectivity index (χ2n) is 7.79. The Morgan fingerprint density at radius 2 is 2.07 bits per heavy atom. The van der Waals surface area contributed by atoms with Crippen molar-refractivity contribution in [3.8, 4) is 0 Å². The van der Waals surface area contributed by atoms with Gasteiger partial charge in [-0.3, -0.25) is 4.79 Å². The van der Waals surface area contributed by atoms with Gasteiger partial charge in [0, 0.05) is 29.9 Å². The summed E-state index contributed by atoms with van der Waals surface area (Å²) in [6.45, 7) is 3.65. The lowest BCUT2D eigenvalue weighted by Crippen LogP contribution is -2.49. The van der Waals surface area contributed by atoms with Crippen LogP contribution in [0.4, 0.5) is 0 Å². The molecule has 0 saturated carbocycles. The fraction of sp³-hybridized carbons (Fsp3) is 0.545. The zero-order valence-electron chi connectivity index (χ0n) is 17.2. The number of unbranched alkanes of at least 4 members (excludes halogenated alkanes) is 1. The van der Waals surface area contributed by atoms with Crippen LogP contribution >= 0.6 is 0 Å². The summed E-state index contributed by atoms with van der Waals surface area (Å²) in [6, 6.07) is 7.47. The highest BCUT2D eigenvalue weighted by Crippen LogP contribution is 2.27. The lowest BCUT2D eigenvalue weighted by atomic mass is 10.0. The molecule has 1 saturated heterocycles. The standard InChI is InChI=1S/C22H29NO7/c1-13(7-3-6-10-20(25)26)28-22-18(24)11-19(14(2)29-22)30-21(27)16-12-23-17-9-5-4-8-15(16)17/h4-5,8-9,12-14,18-19,22-24H,3,6-7,10-11H2,1-2H3,(H,25,26)/t13-,14?,18+,19-,22-/m1/s1. The number of aliphatic hydroxyl groups excluding tert-OH is 1. The molecule has 1 unspecified atom stereocenters. The van der Waals surface area contributed by atoms with Crippen LogP contribution in [0, 0.1) is 0 Å². The van der Waals surface area contributed by atoms with E-state index in [1.807, 2.05) is 31.2 Å². The molecule has 1 aromatic heterocycles. The van der Waals surface area contributed by atoms with E-state index in [0.717, 1.165) is 17.3 Å². The van der Waals surface area contributed by atoms with Gasteiger partial charge in [0.1, 0.15) is 12.2 Å². The molecule has 0 bridgehead atoms. The molecule has 3 N–H and O–H groups in total. The Kier molecular flexibility index (Phi) is 7.47. The second kappa shape index (κ2) is 10.1. The average molecular weight is 419 g/mol. The number of aliphatic carboxylic acids is 1. The van der Waals surface area contributed by atoms with Crippen LogP contribution in [-0.4, -0.2) is 57.8 Å². The highest BCUT2D eigenvalue weighted by molar-refractivity contribution is 6.04. The van der Waals surface area contributed by atoms with Gasteiger partial charge in [0.15, 0.2) is 6.29 Å². The topological polar surface area (TPSA) is 118 Å². The number of benzene rings is 1. The van der Waals surface area contributed by atoms with E-state index in [-0.39, 0.29) is 18.9 Å². The lowest BCUT2D eigenvalue weighted by molar-refractivity contribution is -0.273. The molecule has 0 aliphatic carbocycles. The molecule has 0 radical (unpaired) electrons. The van der Waals surface area contributed by atoms with Crippen LogP contribution in [0.3, 0.4) is 0 Å². The number of para-hydroxylation sites is 1. The number of aromatic amines is 1. The molecule has 0 amide bonds. The molecular formula is C22H29NO7. The third-order valence-corrected chi connectivity index (χ3v) is 5.35. The van der Waals surface area contributed by atoms with Gasteiger partial charge in [-0.25, -0.2) is 4.79 Å². The maximum absolute atomic E-state index is 12.6. The summed E-state index contributed by atoms with van der Waals surface area (Å²) < 4.78 is 17.2. The first-order valence-electron chi connectivity index (χ1n) is 10.3. The summed E-state index contributed by atoms with van der Waals surface area (Å²) >= 11 is 0. The first-order valence-corrected chi connectivity index (χ1v) is 10.3. The van der Waals surface area contributed by atoms with Crippen molar-refractivity contribution in [2.24, 2.45) is 0 Å². The van der Waals surface area contributed by atoms with Gasteiger partial charge in [0.05, 0.1) is 17.8 Å². The van der Waals surface area contributed by atoms with Crippen LogP contribution in [-0.2, 0) is 19.0 Å². The molecule has 2 aromatic rings. The van der Waals surface area contributed by atoms with Crippen LogP contribution in [0.25, 0.3) is 10.9 Å². The van der Waals surface area contributed by atoms with E-state index < -0.39 is 36.5 Å². The molecule has 0 spiro atoms. The molecule has 2 heterocycles. The Morgan fingerprint density at radius 1 is 1.30 bits per heavy atom. The molecule has 8 heteroatoms. The van der Waals surface area contributed by atoms with Crippen LogP contribution < -0.4 is 0 Å². The van der Waals surface area contributed by atoms with Gasteiger partial charge in [-0.1, -0.05) is 24.6 Å². The van der Waals surface area contributed by atoms with E-state index in [2.05, 4.69) is 4.98 Å². The summed E-state index contributed by atoms with van der Waals surface area (Å²) in [4.78, 5) is 26.3. The molecule has 8 nitrogen and oxygen atoms in total. The zero-order chi connectivity index (χ0) is 21.7. The van der Waals surface area contributed by atoms with E-state index in [1.165, 1.54) is 0 Å². The maximum Gasteiger partial charge on any atom is 0.340 e. The number of ether oxygens (including phenoxy) is 3. The number of hydrogen-bond donors (Lipinski definition) is 3. The molecule has 3 rings (SSSR count). The van der Waals surface area contributed by atoms with Gasteiger partial charge < -0.3 is 29.4 Å². The number of aliphatic hydroxyl groups is 1. The monoisotopic (exact) mass is 419 g/mol. The van der Waals surface area contributed by atoms with E-state index in [4.69, 9.17) is 19.3 Å². The van der Waals surface area contributed by atoms with Crippen molar-refractivity contribution in [1.29, 1.82) is 0 Å². The van der Waals surface area contributed by atoms with Gasteiger partial charge in [-0.2, -0.15) is 0 Å². The smallest absolute Gasteiger partial charge is 0.340 e. The highest BCUT2D eigenvalue weighted by Gasteiger charge is 2.38. The molecule has 1 aromatic carbocycles. The van der Waals surface area contributed by atoms with Gasteiger partial charge in [0.25, 0.3) is 0 Å². The number of rotatable bonds is 9. The molecule has 5 atom stereocenters. The van der Waals surface area contributed by atoms with Gasteiger partial charge in [0.2, 0.25) is 0 Å². The number of nitrogens with one attached hydrogen (secondary N) is 1. The number of esters is 1. The molecular weight excluding hydrogens is 390 g/mol. The highest BCUT2D eigenvalue weighted by atomic mass is 16.7. The Hall–Kier alpha value is -2.42. The summed E-state index contributed by atoms with van der Waals surface area (Å²) in [5.41, 5.74) is 1.30. The van der Waals surface area contributed by atoms with Gasteiger partial charge >= 0.3 is 11.9 Å². The van der Waals surface area contributed by atoms with E-state index in [1.54, 1.807) is 13.1 Å². The lowest BCUT2D eigenvalue weighted by Gasteiger charge is -2.38. The molecule has 1 aliphatic heterocycles. The van der Waals surface area contributed by atoms with Crippen molar-refractivity contribution in [3.05, 3.63) is 36.0 Å². The number of hydrogen-bond acceptors (Lipinski definition) is 6. The predicted molar refractivity (Wildman–Crippen MR) is 109 cm³/mol. The van der Waals surface area contributed by atoms with Crippen molar-refractivity contribution in [2.45, 2.75) is 76.7 Å². The van der Waals surface area contributed by atoms with Crippen molar-refractivity contribution in [2.75, 3.05) is 0 Å². The minimum Gasteiger partial charge on any atom is -0.481 e. The number of carbonyl (C=O) groups excluding carboxylic acids is 1. The van der Waals surface area contributed by atoms with E-state index >= 15 is 0 Å². The van der Waals surface area contributed by atoms with Crippen molar-refractivity contribution < 1.29 is 34.0 Å². The molecule has 1 aliphatic rings. The Balaban J connectivity index is 1.50. The first kappa shape index (κ1) is 22.3. The molecule has 164 valence electrons. The third-order valence-electron chi connectivity index (χ3n) is 5.35. The molecule has 1 fully saturated rings. The fourth-order valence-electron chi connectivity index (χ4n) is 3.64. The Labute approximate surface area is 175 Å². The fourth-order valence-corrected chi connectivity index (χ4v) is 3.64. The van der Waals surface area contributed by atoms with Crippen molar-refractivity contribution in [3.63, 3.8) is 0 Å². The van der Waals surface area contributed by atoms with Crippen LogP contribution in [0.5, 0.6) is 0 Å². The van der Waals surface area contributed by atoms with Crippen LogP contribution in [0.1, 0.15) is 56.3 Å². The van der Waals surface area contributed by atoms with Crippen molar-refractivity contribution >= 4 is 22.8 Å². The number of carbonyl (C=O) groups is 2. The molecule has 30 heavy (non-hydrogen) atoms. The third kappa shape index (κ3) is 5.59. The zero-order valence-corrected chi connectivity index (χ0v) is 17.2. The van der Waals surface area contributed by atoms with E-state index in [0.29, 0.717) is 18.4 Å². The quantitative estimate of drug-likeness (QED) is 0.422. The summed E-state index contributed by atoms with van der Waals surface area (Å²) in [5.74, 6) is -1.28. The number of carboxylic acid groups (broad SMARTS) is 1. The first-order chi connectivity index (χ1) is 14.3. The summed E-state index contributed by atoms with van der Waals surface area (Å²) in [7, 11) is 0. The van der Waals surface area contributed by atoms with E-state index in [9.17, 15) is 14.7 Å². The number of fused-ring (bicyclic) bond motifs is 1. The Morgan fingerprint density at radius 3 is 2.83 bits per heavy atom. The van der Waals surface area contributed by atoms with Crippen molar-refractivity contribution in [1.82, 2.24) is 4.98 Å². The summed E-state index contributed by atoms with van der Waals surface area (Å²) in [5, 5.41) is 19.9. The number of H-pyrrole nitrogens is 1. The normalized spacial score (nSPS) is 25.2. The van der Waals surface area contributed by atoms with Crippen LogP contribution in [0.2, 0.25) is 0 Å². The summed E-state index contributed by atoms with van der Waals surface area (Å²) in [6.07, 6.45) is 0.996.